The molecule has 0 aliphatic carbocycles. The van der Waals surface area contributed by atoms with Crippen molar-refractivity contribution in [2.45, 2.75) is 71.2 Å². The number of pyridine rings is 2. The number of aromatic nitrogens is 2. The fourth-order valence-electron chi connectivity index (χ4n) is 4.11. The first-order chi connectivity index (χ1) is 14.9. The summed E-state index contributed by atoms with van der Waals surface area (Å²) in [6, 6.07) is 6.39. The van der Waals surface area contributed by atoms with Crippen LogP contribution in [0.2, 0.25) is 0 Å². The van der Waals surface area contributed by atoms with E-state index in [1.54, 1.807) is 17.3 Å². The number of hydrogen-bond donors (Lipinski definition) is 0. The molecule has 1 saturated heterocycles. The Labute approximate surface area is 190 Å². The Morgan fingerprint density at radius 1 is 1.00 bits per heavy atom. The third-order valence-corrected chi connectivity index (χ3v) is 5.91. The molecule has 2 aromatic heterocycles. The fraction of sp³-hybridized carbons (Fsp3) is 0.522. The van der Waals surface area contributed by atoms with Gasteiger partial charge in [0.25, 0.3) is 10.1 Å². The lowest BCUT2D eigenvalue weighted by molar-refractivity contribution is -0.0275. The minimum Gasteiger partial charge on any atom is -0.444 e. The standard InChI is InChI=1S/C23H31N3O5S/c1-15-9-7-11-24-20(15)18-13-17(31-32(6,28)29)14-19(21-16(2)10-8-12-25-21)26(18)22(27)30-23(3,4)5/h7-12,17-19H,13-14H2,1-6H3/t17-,18-,19+. The monoisotopic (exact) mass is 461 g/mol. The lowest BCUT2D eigenvalue weighted by Gasteiger charge is -2.44. The molecule has 3 heterocycles. The summed E-state index contributed by atoms with van der Waals surface area (Å²) in [5.74, 6) is 0. The third kappa shape index (κ3) is 5.83. The zero-order valence-corrected chi connectivity index (χ0v) is 20.2. The van der Waals surface area contributed by atoms with Crippen LogP contribution in [0.5, 0.6) is 0 Å². The predicted molar refractivity (Wildman–Crippen MR) is 120 cm³/mol. The SMILES string of the molecule is Cc1cccnc1[C@H]1C[C@@H](OS(C)(=O)=O)C[C@@H](c2ncccc2C)N1C(=O)OC(C)(C)C. The summed E-state index contributed by atoms with van der Waals surface area (Å²) >= 11 is 0. The highest BCUT2D eigenvalue weighted by Gasteiger charge is 2.45. The van der Waals surface area contributed by atoms with Gasteiger partial charge in [-0.3, -0.25) is 19.1 Å². The summed E-state index contributed by atoms with van der Waals surface area (Å²) in [7, 11) is -3.70. The maximum Gasteiger partial charge on any atom is 0.411 e. The molecule has 32 heavy (non-hydrogen) atoms. The van der Waals surface area contributed by atoms with E-state index in [4.69, 9.17) is 8.92 Å². The van der Waals surface area contributed by atoms with Crippen LogP contribution in [0.15, 0.2) is 36.7 Å². The molecule has 9 heteroatoms. The smallest absolute Gasteiger partial charge is 0.411 e. The van der Waals surface area contributed by atoms with Gasteiger partial charge in [-0.25, -0.2) is 4.79 Å². The first kappa shape index (κ1) is 24.1. The molecule has 2 aromatic rings. The number of aryl methyl sites for hydroxylation is 2. The Bertz CT molecular complexity index is 1030. The molecular weight excluding hydrogens is 430 g/mol. The topological polar surface area (TPSA) is 98.7 Å². The Hall–Kier alpha value is -2.52. The van der Waals surface area contributed by atoms with E-state index in [0.717, 1.165) is 17.4 Å². The number of rotatable bonds is 4. The van der Waals surface area contributed by atoms with E-state index in [9.17, 15) is 13.2 Å². The molecule has 0 N–H and O–H groups in total. The normalized spacial score (nSPS) is 21.9. The average Bonchev–Trinajstić information content (AvgIpc) is 2.65. The van der Waals surface area contributed by atoms with E-state index in [0.29, 0.717) is 11.4 Å². The Morgan fingerprint density at radius 3 is 1.84 bits per heavy atom. The van der Waals surface area contributed by atoms with Crippen LogP contribution in [0.3, 0.4) is 0 Å². The van der Waals surface area contributed by atoms with Gasteiger partial charge in [0.05, 0.1) is 35.8 Å². The Morgan fingerprint density at radius 2 is 1.47 bits per heavy atom. The number of hydrogen-bond acceptors (Lipinski definition) is 7. The van der Waals surface area contributed by atoms with Gasteiger partial charge in [0, 0.05) is 25.2 Å². The molecule has 0 radical (unpaired) electrons. The van der Waals surface area contributed by atoms with E-state index < -0.39 is 40.0 Å². The van der Waals surface area contributed by atoms with Crippen molar-refractivity contribution in [1.82, 2.24) is 14.9 Å². The van der Waals surface area contributed by atoms with Gasteiger partial charge in [0.2, 0.25) is 0 Å². The quantitative estimate of drug-likeness (QED) is 0.628. The summed E-state index contributed by atoms with van der Waals surface area (Å²) < 4.78 is 35.1. The van der Waals surface area contributed by atoms with Gasteiger partial charge in [-0.2, -0.15) is 8.42 Å². The van der Waals surface area contributed by atoms with Gasteiger partial charge in [0.1, 0.15) is 5.60 Å². The van der Waals surface area contributed by atoms with Gasteiger partial charge < -0.3 is 4.74 Å². The average molecular weight is 462 g/mol. The molecule has 0 spiro atoms. The predicted octanol–water partition coefficient (Wildman–Crippen LogP) is 4.25. The van der Waals surface area contributed by atoms with Crippen molar-refractivity contribution in [2.24, 2.45) is 0 Å². The molecule has 0 unspecified atom stereocenters. The molecule has 174 valence electrons. The summed E-state index contributed by atoms with van der Waals surface area (Å²) in [6.07, 6.45) is 3.77. The van der Waals surface area contributed by atoms with E-state index in [-0.39, 0.29) is 12.8 Å². The number of carbonyl (C=O) groups is 1. The maximum absolute atomic E-state index is 13.5. The number of ether oxygens (including phenoxy) is 1. The van der Waals surface area contributed by atoms with Gasteiger partial charge in [0.15, 0.2) is 0 Å². The minimum atomic E-state index is -3.70. The molecule has 1 aliphatic rings. The van der Waals surface area contributed by atoms with E-state index in [1.807, 2.05) is 58.9 Å². The largest absolute Gasteiger partial charge is 0.444 e. The van der Waals surface area contributed by atoms with Gasteiger partial charge in [-0.05, 0) is 57.9 Å². The highest BCUT2D eigenvalue weighted by molar-refractivity contribution is 7.86. The van der Waals surface area contributed by atoms with Gasteiger partial charge >= 0.3 is 6.09 Å². The maximum atomic E-state index is 13.5. The highest BCUT2D eigenvalue weighted by Crippen LogP contribution is 2.44. The van der Waals surface area contributed by atoms with E-state index in [2.05, 4.69) is 9.97 Å². The van der Waals surface area contributed by atoms with E-state index in [1.165, 1.54) is 0 Å². The van der Waals surface area contributed by atoms with Crippen molar-refractivity contribution >= 4 is 16.2 Å². The number of amides is 1. The number of carbonyl (C=O) groups excluding carboxylic acids is 1. The second kappa shape index (κ2) is 9.15. The first-order valence-electron chi connectivity index (χ1n) is 10.6. The summed E-state index contributed by atoms with van der Waals surface area (Å²) in [6.45, 7) is 9.26. The van der Waals surface area contributed by atoms with Crippen molar-refractivity contribution in [2.75, 3.05) is 6.26 Å². The molecule has 1 fully saturated rings. The van der Waals surface area contributed by atoms with E-state index >= 15 is 0 Å². The summed E-state index contributed by atoms with van der Waals surface area (Å²) in [5, 5.41) is 0. The molecule has 3 atom stereocenters. The van der Waals surface area contributed by atoms with Crippen LogP contribution in [0.25, 0.3) is 0 Å². The number of likely N-dealkylation sites (tertiary alicyclic amines) is 1. The van der Waals surface area contributed by atoms with Crippen LogP contribution in [0.4, 0.5) is 4.79 Å². The molecule has 0 saturated carbocycles. The van der Waals surface area contributed by atoms with Crippen LogP contribution in [-0.4, -0.2) is 47.3 Å². The van der Waals surface area contributed by atoms with Gasteiger partial charge in [-0.1, -0.05) is 12.1 Å². The fourth-order valence-corrected chi connectivity index (χ4v) is 4.77. The molecule has 1 amide bonds. The van der Waals surface area contributed by atoms with Crippen molar-refractivity contribution in [3.8, 4) is 0 Å². The zero-order chi connectivity index (χ0) is 23.7. The Balaban J connectivity index is 2.15. The Kier molecular flexibility index (Phi) is 6.90. The summed E-state index contributed by atoms with van der Waals surface area (Å²) in [4.78, 5) is 24.2. The lowest BCUT2D eigenvalue weighted by atomic mass is 9.87. The van der Waals surface area contributed by atoms with Crippen LogP contribution in [-0.2, 0) is 19.0 Å². The zero-order valence-electron chi connectivity index (χ0n) is 19.4. The van der Waals surface area contributed by atoms with Crippen LogP contribution in [0.1, 0.15) is 68.2 Å². The minimum absolute atomic E-state index is 0.270. The van der Waals surface area contributed by atoms with Crippen molar-refractivity contribution in [1.29, 1.82) is 0 Å². The highest BCUT2D eigenvalue weighted by atomic mass is 32.2. The third-order valence-electron chi connectivity index (χ3n) is 5.29. The number of nitrogens with zero attached hydrogens (tertiary/aromatic N) is 3. The summed E-state index contributed by atoms with van der Waals surface area (Å²) in [5.41, 5.74) is 2.44. The van der Waals surface area contributed by atoms with Crippen molar-refractivity contribution < 1.29 is 22.1 Å². The van der Waals surface area contributed by atoms with Crippen molar-refractivity contribution in [3.63, 3.8) is 0 Å². The van der Waals surface area contributed by atoms with Crippen LogP contribution in [0, 0.1) is 13.8 Å². The van der Waals surface area contributed by atoms with Crippen molar-refractivity contribution in [3.05, 3.63) is 59.2 Å². The van der Waals surface area contributed by atoms with Gasteiger partial charge in [-0.15, -0.1) is 0 Å². The molecule has 0 bridgehead atoms. The molecule has 1 aliphatic heterocycles. The molecule has 3 rings (SSSR count). The first-order valence-corrected chi connectivity index (χ1v) is 12.4. The molecule has 0 aromatic carbocycles. The lowest BCUT2D eigenvalue weighted by Crippen LogP contribution is -2.48. The number of piperidine rings is 1. The van der Waals surface area contributed by atoms with Crippen LogP contribution >= 0.6 is 0 Å². The van der Waals surface area contributed by atoms with Crippen LogP contribution < -0.4 is 0 Å². The second-order valence-electron chi connectivity index (χ2n) is 9.22. The molecular formula is C23H31N3O5S. The second-order valence-corrected chi connectivity index (χ2v) is 10.8. The molecule has 8 nitrogen and oxygen atoms in total.